The van der Waals surface area contributed by atoms with E-state index in [-0.39, 0.29) is 17.6 Å². The highest BCUT2D eigenvalue weighted by molar-refractivity contribution is 8.00. The number of carbonyl (C=O) groups excluding carboxylic acids is 2. The largest absolute Gasteiger partial charge is 0.323 e. The van der Waals surface area contributed by atoms with Gasteiger partial charge in [0.15, 0.2) is 0 Å². The van der Waals surface area contributed by atoms with Crippen LogP contribution in [0.2, 0.25) is 0 Å². The van der Waals surface area contributed by atoms with Crippen LogP contribution in [0, 0.1) is 5.82 Å². The highest BCUT2D eigenvalue weighted by Crippen LogP contribution is 2.37. The molecule has 3 N–H and O–H groups in total. The minimum absolute atomic E-state index is 0.137. The maximum Gasteiger partial charge on any atom is 0.323 e. The van der Waals surface area contributed by atoms with E-state index in [0.717, 1.165) is 10.5 Å². The molecular formula is C27H22FN3O2S. The van der Waals surface area contributed by atoms with E-state index in [2.05, 4.69) is 16.0 Å². The van der Waals surface area contributed by atoms with Crippen LogP contribution in [0.3, 0.4) is 0 Å². The summed E-state index contributed by atoms with van der Waals surface area (Å²) in [6.07, 6.45) is 0. The number of benzene rings is 4. The Morgan fingerprint density at radius 3 is 1.85 bits per heavy atom. The van der Waals surface area contributed by atoms with Gasteiger partial charge in [0, 0.05) is 16.3 Å². The lowest BCUT2D eigenvalue weighted by Crippen LogP contribution is -2.20. The van der Waals surface area contributed by atoms with Crippen molar-refractivity contribution in [3.8, 4) is 0 Å². The molecule has 0 saturated heterocycles. The summed E-state index contributed by atoms with van der Waals surface area (Å²) < 4.78 is 14.1. The molecule has 0 fully saturated rings. The van der Waals surface area contributed by atoms with Gasteiger partial charge in [0.2, 0.25) is 5.91 Å². The van der Waals surface area contributed by atoms with Crippen molar-refractivity contribution < 1.29 is 14.0 Å². The van der Waals surface area contributed by atoms with Crippen LogP contribution in [0.4, 0.5) is 26.2 Å². The van der Waals surface area contributed by atoms with E-state index >= 15 is 0 Å². The number of thioether (sulfide) groups is 1. The third-order valence-electron chi connectivity index (χ3n) is 4.87. The molecule has 3 amide bonds. The average molecular weight is 472 g/mol. The lowest BCUT2D eigenvalue weighted by atomic mass is 10.1. The van der Waals surface area contributed by atoms with E-state index in [9.17, 15) is 14.0 Å². The van der Waals surface area contributed by atoms with Gasteiger partial charge in [-0.15, -0.1) is 11.8 Å². The van der Waals surface area contributed by atoms with Crippen molar-refractivity contribution in [2.24, 2.45) is 0 Å². The lowest BCUT2D eigenvalue weighted by Gasteiger charge is -2.17. The van der Waals surface area contributed by atoms with Gasteiger partial charge < -0.3 is 16.0 Å². The molecule has 34 heavy (non-hydrogen) atoms. The Labute approximate surface area is 201 Å². The minimum atomic E-state index is -0.596. The van der Waals surface area contributed by atoms with Crippen molar-refractivity contribution in [2.45, 2.75) is 10.1 Å². The molecule has 0 bridgehead atoms. The molecule has 170 valence electrons. The molecule has 1 unspecified atom stereocenters. The number of halogens is 1. The number of nitrogens with one attached hydrogen (secondary N) is 3. The number of hydrogen-bond donors (Lipinski definition) is 3. The zero-order valence-electron chi connectivity index (χ0n) is 18.1. The molecule has 0 aliphatic rings. The summed E-state index contributed by atoms with van der Waals surface area (Å²) in [4.78, 5) is 26.1. The first-order chi connectivity index (χ1) is 16.6. The number of hydrogen-bond acceptors (Lipinski definition) is 3. The topological polar surface area (TPSA) is 70.2 Å². The van der Waals surface area contributed by atoms with Crippen LogP contribution in [0.25, 0.3) is 0 Å². The first kappa shape index (κ1) is 23.1. The van der Waals surface area contributed by atoms with Crippen molar-refractivity contribution in [3.05, 3.63) is 121 Å². The summed E-state index contributed by atoms with van der Waals surface area (Å²) in [5, 5.41) is 7.64. The minimum Gasteiger partial charge on any atom is -0.322 e. The molecule has 5 nitrogen and oxygen atoms in total. The molecule has 4 rings (SSSR count). The van der Waals surface area contributed by atoms with E-state index < -0.39 is 11.1 Å². The molecule has 0 aromatic heterocycles. The summed E-state index contributed by atoms with van der Waals surface area (Å²) in [6, 6.07) is 31.4. The molecule has 7 heteroatoms. The van der Waals surface area contributed by atoms with Crippen molar-refractivity contribution in [1.82, 2.24) is 0 Å². The zero-order valence-corrected chi connectivity index (χ0v) is 18.9. The monoisotopic (exact) mass is 471 g/mol. The van der Waals surface area contributed by atoms with Gasteiger partial charge in [0.05, 0.1) is 5.69 Å². The van der Waals surface area contributed by atoms with Gasteiger partial charge in [0.25, 0.3) is 0 Å². The Bertz CT molecular complexity index is 1250. The first-order valence-electron chi connectivity index (χ1n) is 10.6. The van der Waals surface area contributed by atoms with E-state index in [4.69, 9.17) is 0 Å². The second-order valence-electron chi connectivity index (χ2n) is 7.35. The van der Waals surface area contributed by atoms with Crippen LogP contribution in [-0.2, 0) is 4.79 Å². The normalized spacial score (nSPS) is 11.3. The van der Waals surface area contributed by atoms with E-state index in [1.54, 1.807) is 36.4 Å². The summed E-state index contributed by atoms with van der Waals surface area (Å²) in [5.74, 6) is -0.817. The highest BCUT2D eigenvalue weighted by atomic mass is 32.2. The number of carbonyl (C=O) groups is 2. The predicted molar refractivity (Wildman–Crippen MR) is 136 cm³/mol. The Morgan fingerprint density at radius 2 is 1.21 bits per heavy atom. The predicted octanol–water partition coefficient (Wildman–Crippen LogP) is 6.94. The van der Waals surface area contributed by atoms with Gasteiger partial charge in [-0.1, -0.05) is 60.7 Å². The summed E-state index contributed by atoms with van der Waals surface area (Å²) in [6.45, 7) is 0. The molecule has 0 heterocycles. The molecular weight excluding hydrogens is 449 g/mol. The molecule has 4 aromatic rings. The summed E-state index contributed by atoms with van der Waals surface area (Å²) >= 11 is 1.34. The number of para-hydroxylation sites is 2. The average Bonchev–Trinajstić information content (AvgIpc) is 2.86. The molecule has 0 spiro atoms. The standard InChI is InChI=1S/C27H22FN3O2S/c28-23-13-7-8-14-24(23)31-26(32)25(19-9-3-1-4-10-19)34-22-17-15-21(16-18-22)30-27(33)29-20-11-5-2-6-12-20/h1-18,25H,(H,31,32)(H2,29,30,33). The van der Waals surface area contributed by atoms with Crippen molar-refractivity contribution in [3.63, 3.8) is 0 Å². The molecule has 0 radical (unpaired) electrons. The van der Waals surface area contributed by atoms with Crippen LogP contribution in [0.1, 0.15) is 10.8 Å². The van der Waals surface area contributed by atoms with Gasteiger partial charge in [0.1, 0.15) is 11.1 Å². The quantitative estimate of drug-likeness (QED) is 0.256. The van der Waals surface area contributed by atoms with E-state index in [1.165, 1.54) is 23.9 Å². The van der Waals surface area contributed by atoms with Gasteiger partial charge in [-0.2, -0.15) is 0 Å². The number of urea groups is 1. The van der Waals surface area contributed by atoms with Crippen LogP contribution in [-0.4, -0.2) is 11.9 Å². The van der Waals surface area contributed by atoms with Crippen molar-refractivity contribution in [1.29, 1.82) is 0 Å². The van der Waals surface area contributed by atoms with Crippen molar-refractivity contribution >= 4 is 40.8 Å². The molecule has 0 aliphatic heterocycles. The lowest BCUT2D eigenvalue weighted by molar-refractivity contribution is -0.115. The number of amides is 3. The van der Waals surface area contributed by atoms with E-state index in [1.807, 2.05) is 60.7 Å². The van der Waals surface area contributed by atoms with Gasteiger partial charge in [-0.3, -0.25) is 4.79 Å². The molecule has 0 saturated carbocycles. The third kappa shape index (κ3) is 6.24. The van der Waals surface area contributed by atoms with Gasteiger partial charge in [-0.25, -0.2) is 9.18 Å². The first-order valence-corrected chi connectivity index (χ1v) is 11.5. The fourth-order valence-electron chi connectivity index (χ4n) is 3.23. The van der Waals surface area contributed by atoms with Gasteiger partial charge in [-0.05, 0) is 54.1 Å². The summed E-state index contributed by atoms with van der Waals surface area (Å²) in [5.41, 5.74) is 2.24. The zero-order chi connectivity index (χ0) is 23.8. The number of anilines is 3. The Balaban J connectivity index is 1.45. The fourth-order valence-corrected chi connectivity index (χ4v) is 4.25. The molecule has 1 atom stereocenters. The SMILES string of the molecule is O=C(Nc1ccccc1)Nc1ccc(SC(C(=O)Nc2ccccc2F)c2ccccc2)cc1. The Kier molecular flexibility index (Phi) is 7.57. The Morgan fingerprint density at radius 1 is 0.647 bits per heavy atom. The van der Waals surface area contributed by atoms with Crippen molar-refractivity contribution in [2.75, 3.05) is 16.0 Å². The van der Waals surface area contributed by atoms with Crippen LogP contribution < -0.4 is 16.0 Å². The second kappa shape index (κ2) is 11.2. The summed E-state index contributed by atoms with van der Waals surface area (Å²) in [7, 11) is 0. The maximum absolute atomic E-state index is 14.1. The van der Waals surface area contributed by atoms with Crippen LogP contribution >= 0.6 is 11.8 Å². The third-order valence-corrected chi connectivity index (χ3v) is 6.14. The van der Waals surface area contributed by atoms with Crippen LogP contribution in [0.15, 0.2) is 114 Å². The van der Waals surface area contributed by atoms with E-state index in [0.29, 0.717) is 11.4 Å². The highest BCUT2D eigenvalue weighted by Gasteiger charge is 2.23. The maximum atomic E-state index is 14.1. The number of rotatable bonds is 7. The van der Waals surface area contributed by atoms with Gasteiger partial charge >= 0.3 is 6.03 Å². The Hall–Kier alpha value is -4.10. The smallest absolute Gasteiger partial charge is 0.322 e. The second-order valence-corrected chi connectivity index (χ2v) is 8.53. The van der Waals surface area contributed by atoms with Crippen LogP contribution in [0.5, 0.6) is 0 Å². The molecule has 0 aliphatic carbocycles. The molecule has 4 aromatic carbocycles. The fraction of sp³-hybridized carbons (Fsp3) is 0.0370.